The van der Waals surface area contributed by atoms with E-state index >= 15 is 0 Å². The molecule has 0 bridgehead atoms. The average molecular weight is 471 g/mol. The van der Waals surface area contributed by atoms with Gasteiger partial charge >= 0.3 is 11.9 Å². The fraction of sp³-hybridized carbons (Fsp3) is 0.739. The highest BCUT2D eigenvalue weighted by Gasteiger charge is 2.53. The fourth-order valence-electron chi connectivity index (χ4n) is 4.08. The van der Waals surface area contributed by atoms with Gasteiger partial charge in [-0.3, -0.25) is 28.8 Å². The van der Waals surface area contributed by atoms with Crippen molar-refractivity contribution >= 4 is 35.1 Å². The Morgan fingerprint density at radius 1 is 0.697 bits per heavy atom. The number of esters is 2. The minimum atomic E-state index is -0.852. The van der Waals surface area contributed by atoms with E-state index in [4.69, 9.17) is 18.9 Å². The van der Waals surface area contributed by atoms with Gasteiger partial charge in [0.15, 0.2) is 0 Å². The number of ether oxygens (including phenoxy) is 4. The van der Waals surface area contributed by atoms with Gasteiger partial charge in [0.1, 0.15) is 42.8 Å². The van der Waals surface area contributed by atoms with Crippen LogP contribution in [0.3, 0.4) is 0 Å². The Bertz CT molecular complexity index is 729. The van der Waals surface area contributed by atoms with Crippen LogP contribution in [-0.2, 0) is 47.7 Å². The number of carbonyl (C=O) groups is 6. The monoisotopic (exact) mass is 470 g/mol. The van der Waals surface area contributed by atoms with Crippen molar-refractivity contribution in [3.8, 4) is 0 Å². The molecule has 0 spiro atoms. The van der Waals surface area contributed by atoms with E-state index in [1.807, 2.05) is 0 Å². The molecule has 0 radical (unpaired) electrons. The molecule has 0 aliphatic heterocycles. The molecular weight excluding hydrogens is 436 g/mol. The number of hydrogen-bond donors (Lipinski definition) is 0. The average Bonchev–Trinajstić information content (AvgIpc) is 3.15. The molecule has 0 N–H and O–H groups in total. The highest BCUT2D eigenvalue weighted by Crippen LogP contribution is 2.44. The molecule has 0 aromatic heterocycles. The van der Waals surface area contributed by atoms with E-state index in [-0.39, 0.29) is 82.0 Å². The third kappa shape index (κ3) is 9.51. The molecule has 0 saturated heterocycles. The van der Waals surface area contributed by atoms with E-state index in [1.54, 1.807) is 6.92 Å². The summed E-state index contributed by atoms with van der Waals surface area (Å²) in [5, 5.41) is 0. The predicted molar refractivity (Wildman–Crippen MR) is 114 cm³/mol. The van der Waals surface area contributed by atoms with Crippen LogP contribution >= 0.6 is 0 Å². The van der Waals surface area contributed by atoms with Crippen molar-refractivity contribution in [2.24, 2.45) is 23.7 Å². The molecule has 1 rings (SSSR count). The van der Waals surface area contributed by atoms with Crippen LogP contribution in [0.5, 0.6) is 0 Å². The first kappa shape index (κ1) is 28.6. The zero-order chi connectivity index (χ0) is 25.0. The summed E-state index contributed by atoms with van der Waals surface area (Å²) in [6.07, 6.45) is 0.101. The lowest BCUT2D eigenvalue weighted by Crippen LogP contribution is -2.34. The molecule has 186 valence electrons. The summed E-state index contributed by atoms with van der Waals surface area (Å²) in [6, 6.07) is 0. The molecule has 33 heavy (non-hydrogen) atoms. The summed E-state index contributed by atoms with van der Waals surface area (Å²) in [7, 11) is 0. The first-order chi connectivity index (χ1) is 15.6. The van der Waals surface area contributed by atoms with Crippen LogP contribution < -0.4 is 0 Å². The molecule has 0 aromatic carbocycles. The van der Waals surface area contributed by atoms with E-state index in [0.717, 1.165) is 0 Å². The maximum atomic E-state index is 12.6. The maximum Gasteiger partial charge on any atom is 0.313 e. The minimum absolute atomic E-state index is 0.0330. The van der Waals surface area contributed by atoms with Crippen LogP contribution in [-0.4, -0.2) is 74.7 Å². The molecule has 1 aliphatic rings. The van der Waals surface area contributed by atoms with E-state index < -0.39 is 35.6 Å². The fourth-order valence-corrected chi connectivity index (χ4v) is 4.08. The zero-order valence-corrected chi connectivity index (χ0v) is 19.8. The van der Waals surface area contributed by atoms with Crippen molar-refractivity contribution in [1.82, 2.24) is 0 Å². The first-order valence-electron chi connectivity index (χ1n) is 11.1. The predicted octanol–water partition coefficient (Wildman–Crippen LogP) is 1.11. The molecule has 10 heteroatoms. The smallest absolute Gasteiger partial charge is 0.313 e. The molecule has 1 aliphatic carbocycles. The van der Waals surface area contributed by atoms with Crippen LogP contribution in [0.1, 0.15) is 47.0 Å². The van der Waals surface area contributed by atoms with Gasteiger partial charge in [0.2, 0.25) is 0 Å². The molecule has 0 amide bonds. The minimum Gasteiger partial charge on any atom is -0.463 e. The summed E-state index contributed by atoms with van der Waals surface area (Å²) < 4.78 is 20.6. The summed E-state index contributed by atoms with van der Waals surface area (Å²) >= 11 is 0. The van der Waals surface area contributed by atoms with E-state index in [1.165, 1.54) is 20.8 Å². The summed E-state index contributed by atoms with van der Waals surface area (Å²) in [5.41, 5.74) is 0. The van der Waals surface area contributed by atoms with Gasteiger partial charge in [-0.1, -0.05) is 6.92 Å². The number of rotatable bonds is 16. The van der Waals surface area contributed by atoms with Crippen LogP contribution in [0.2, 0.25) is 0 Å². The van der Waals surface area contributed by atoms with E-state index in [9.17, 15) is 28.8 Å². The van der Waals surface area contributed by atoms with Crippen molar-refractivity contribution in [1.29, 1.82) is 0 Å². The van der Waals surface area contributed by atoms with Crippen molar-refractivity contribution < 1.29 is 47.7 Å². The molecule has 0 aromatic rings. The highest BCUT2D eigenvalue weighted by atomic mass is 16.6. The van der Waals surface area contributed by atoms with E-state index in [2.05, 4.69) is 0 Å². The Morgan fingerprint density at radius 2 is 1.18 bits per heavy atom. The van der Waals surface area contributed by atoms with Crippen molar-refractivity contribution in [3.05, 3.63) is 0 Å². The number of ketones is 4. The second kappa shape index (κ2) is 14.6. The van der Waals surface area contributed by atoms with Crippen molar-refractivity contribution in [3.63, 3.8) is 0 Å². The Labute approximate surface area is 193 Å². The van der Waals surface area contributed by atoms with Gasteiger partial charge in [-0.05, 0) is 27.2 Å². The van der Waals surface area contributed by atoms with Gasteiger partial charge in [0.05, 0.1) is 32.3 Å². The Balaban J connectivity index is 2.32. The molecule has 0 heterocycles. The summed E-state index contributed by atoms with van der Waals surface area (Å²) in [6.45, 7) is 6.37. The first-order valence-corrected chi connectivity index (χ1v) is 11.1. The molecule has 1 fully saturated rings. The van der Waals surface area contributed by atoms with Crippen molar-refractivity contribution in [2.75, 3.05) is 39.6 Å². The van der Waals surface area contributed by atoms with E-state index in [0.29, 0.717) is 0 Å². The number of hydrogen-bond acceptors (Lipinski definition) is 10. The normalized spacial score (nSPS) is 21.9. The van der Waals surface area contributed by atoms with Crippen molar-refractivity contribution in [2.45, 2.75) is 47.0 Å². The molecule has 10 nitrogen and oxygen atoms in total. The van der Waals surface area contributed by atoms with Gasteiger partial charge in [0.25, 0.3) is 0 Å². The lowest BCUT2D eigenvalue weighted by Gasteiger charge is -2.21. The van der Waals surface area contributed by atoms with Gasteiger partial charge in [-0.15, -0.1) is 0 Å². The second-order valence-corrected chi connectivity index (χ2v) is 8.03. The van der Waals surface area contributed by atoms with Crippen LogP contribution in [0, 0.1) is 23.7 Å². The van der Waals surface area contributed by atoms with Crippen LogP contribution in [0.15, 0.2) is 0 Å². The van der Waals surface area contributed by atoms with Gasteiger partial charge in [-0.2, -0.15) is 0 Å². The maximum absolute atomic E-state index is 12.6. The highest BCUT2D eigenvalue weighted by molar-refractivity contribution is 5.97. The van der Waals surface area contributed by atoms with Gasteiger partial charge in [-0.25, -0.2) is 0 Å². The Hall–Kier alpha value is -2.46. The summed E-state index contributed by atoms with van der Waals surface area (Å²) in [4.78, 5) is 71.1. The topological polar surface area (TPSA) is 139 Å². The molecular formula is C23H34O10. The molecule has 4 unspecified atom stereocenters. The Morgan fingerprint density at radius 3 is 1.67 bits per heavy atom. The SMILES string of the molecule is CCC(=O)C1CC(C(=O)OCCOCCOCCOC(=O)CC(C)=O)C(C(C)=O)C1C(C)=O. The zero-order valence-electron chi connectivity index (χ0n) is 19.8. The summed E-state index contributed by atoms with van der Waals surface area (Å²) in [5.74, 6) is -5.30. The standard InChI is InChI=1S/C23H34O10/c1-5-19(27)17-13-18(22(16(4)26)21(17)15(3)25)23(29)33-11-9-31-7-6-30-8-10-32-20(28)12-14(2)24/h17-18,21-22H,5-13H2,1-4H3. The quantitative estimate of drug-likeness (QED) is 0.183. The van der Waals surface area contributed by atoms with Gasteiger partial charge < -0.3 is 18.9 Å². The lowest BCUT2D eigenvalue weighted by atomic mass is 9.80. The van der Waals surface area contributed by atoms with Crippen LogP contribution in [0.25, 0.3) is 0 Å². The largest absolute Gasteiger partial charge is 0.463 e. The lowest BCUT2D eigenvalue weighted by molar-refractivity contribution is -0.154. The molecule has 4 atom stereocenters. The third-order valence-electron chi connectivity index (χ3n) is 5.49. The van der Waals surface area contributed by atoms with Gasteiger partial charge in [0, 0.05) is 24.2 Å². The third-order valence-corrected chi connectivity index (χ3v) is 5.49. The Kier molecular flexibility index (Phi) is 12.7. The molecule has 1 saturated carbocycles. The number of carbonyl (C=O) groups excluding carboxylic acids is 6. The van der Waals surface area contributed by atoms with Crippen LogP contribution in [0.4, 0.5) is 0 Å². The number of Topliss-reactive ketones (excluding diaryl/α,β-unsaturated/α-hetero) is 4. The second-order valence-electron chi connectivity index (χ2n) is 8.03.